The maximum Gasteiger partial charge on any atom is 0.274 e. The van der Waals surface area contributed by atoms with E-state index in [0.717, 1.165) is 11.3 Å². The lowest BCUT2D eigenvalue weighted by Crippen LogP contribution is -1.57. The van der Waals surface area contributed by atoms with Crippen molar-refractivity contribution in [2.45, 2.75) is 0 Å². The van der Waals surface area contributed by atoms with Crippen LogP contribution in [0, 0.1) is 5.38 Å². The predicted molar refractivity (Wildman–Crippen MR) is 24.3 cm³/mol. The molecule has 0 bridgehead atoms. The summed E-state index contributed by atoms with van der Waals surface area (Å²) in [6.07, 6.45) is 0. The molecule has 0 aliphatic rings. The summed E-state index contributed by atoms with van der Waals surface area (Å²) in [7, 11) is 0. The van der Waals surface area contributed by atoms with Crippen LogP contribution in [0.4, 0.5) is 0 Å². The Kier molecular flexibility index (Phi) is 0.867. The maximum atomic E-state index is 8.37. The lowest BCUT2D eigenvalue weighted by atomic mass is 10.9. The highest BCUT2D eigenvalue weighted by Gasteiger charge is 1.93. The Morgan fingerprint density at radius 2 is 2.29 bits per heavy atom. The van der Waals surface area contributed by atoms with Gasteiger partial charge in [0, 0.05) is 0 Å². The molecule has 1 heterocycles. The molecule has 0 amide bonds. The Labute approximate surface area is 43.9 Å². The average molecular weight is 116 g/mol. The Morgan fingerprint density at radius 3 is 2.43 bits per heavy atom. The van der Waals surface area contributed by atoms with Crippen LogP contribution in [-0.2, 0) is 0 Å². The van der Waals surface area contributed by atoms with Gasteiger partial charge in [-0.3, -0.25) is 0 Å². The highest BCUT2D eigenvalue weighted by atomic mass is 32.1. The zero-order valence-electron chi connectivity index (χ0n) is 3.25. The Morgan fingerprint density at radius 1 is 1.57 bits per heavy atom. The van der Waals surface area contributed by atoms with Crippen molar-refractivity contribution in [3.05, 3.63) is 5.38 Å². The molecule has 0 saturated heterocycles. The predicted octanol–water partition coefficient (Wildman–Crippen LogP) is 0.354. The summed E-state index contributed by atoms with van der Waals surface area (Å²) in [5.74, 6) is -0.248. The van der Waals surface area contributed by atoms with Gasteiger partial charge in [0.15, 0.2) is 0 Å². The molecule has 1 aromatic heterocycles. The molecule has 4 heteroatoms. The third kappa shape index (κ3) is 0.806. The van der Waals surface area contributed by atoms with Crippen LogP contribution >= 0.6 is 11.3 Å². The van der Waals surface area contributed by atoms with E-state index in [4.69, 9.17) is 10.2 Å². The second-order valence-corrected chi connectivity index (χ2v) is 1.70. The minimum atomic E-state index is -0.248. The number of aromatic nitrogens is 1. The summed E-state index contributed by atoms with van der Waals surface area (Å²) < 4.78 is 0. The van der Waals surface area contributed by atoms with Crippen LogP contribution in [0.1, 0.15) is 0 Å². The first-order chi connectivity index (χ1) is 3.29. The zero-order chi connectivity index (χ0) is 5.28. The number of nitrogens with zero attached hydrogens (tertiary/aromatic N) is 1. The standard InChI is InChI=1S/C3H2NO2S/c5-2-1-7-3(6)4-2/h5H,(H,4,6). The van der Waals surface area contributed by atoms with E-state index in [0.29, 0.717) is 0 Å². The van der Waals surface area contributed by atoms with Crippen molar-refractivity contribution < 1.29 is 10.2 Å². The SMILES string of the molecule is Oc1[c]sc(O)n1. The second-order valence-electron chi connectivity index (χ2n) is 0.922. The third-order valence-electron chi connectivity index (χ3n) is 0.435. The fourth-order valence-corrected chi connectivity index (χ4v) is 0.588. The summed E-state index contributed by atoms with van der Waals surface area (Å²) in [6, 6.07) is 0. The van der Waals surface area contributed by atoms with E-state index < -0.39 is 0 Å². The van der Waals surface area contributed by atoms with Crippen LogP contribution in [0.2, 0.25) is 0 Å². The van der Waals surface area contributed by atoms with E-state index in [1.807, 2.05) is 0 Å². The van der Waals surface area contributed by atoms with Gasteiger partial charge in [0.2, 0.25) is 5.88 Å². The molecule has 2 N–H and O–H groups in total. The van der Waals surface area contributed by atoms with Gasteiger partial charge in [-0.2, -0.15) is 4.98 Å². The van der Waals surface area contributed by atoms with Crippen molar-refractivity contribution in [3.8, 4) is 11.1 Å². The Balaban J connectivity index is 3.04. The number of aromatic hydroxyl groups is 2. The summed E-state index contributed by atoms with van der Waals surface area (Å²) in [5.41, 5.74) is 0. The number of rotatable bonds is 0. The van der Waals surface area contributed by atoms with Gasteiger partial charge < -0.3 is 10.2 Å². The van der Waals surface area contributed by atoms with Gasteiger partial charge >= 0.3 is 0 Å². The maximum absolute atomic E-state index is 8.37. The van der Waals surface area contributed by atoms with E-state index >= 15 is 0 Å². The van der Waals surface area contributed by atoms with Crippen molar-refractivity contribution in [1.82, 2.24) is 4.98 Å². The first-order valence-electron chi connectivity index (χ1n) is 1.55. The quantitative estimate of drug-likeness (QED) is 0.514. The highest BCUT2D eigenvalue weighted by molar-refractivity contribution is 7.11. The van der Waals surface area contributed by atoms with Gasteiger partial charge in [0.05, 0.1) is 0 Å². The van der Waals surface area contributed by atoms with Gasteiger partial charge in [-0.15, -0.1) is 0 Å². The molecule has 0 atom stereocenters. The molecule has 1 aromatic rings. The zero-order valence-corrected chi connectivity index (χ0v) is 4.07. The molecular weight excluding hydrogens is 114 g/mol. The highest BCUT2D eigenvalue weighted by Crippen LogP contribution is 2.18. The van der Waals surface area contributed by atoms with Gasteiger partial charge in [0.1, 0.15) is 5.38 Å². The van der Waals surface area contributed by atoms with Crippen LogP contribution in [-0.4, -0.2) is 15.2 Å². The van der Waals surface area contributed by atoms with Gasteiger partial charge in [-0.25, -0.2) is 0 Å². The Bertz CT molecular complexity index is 145. The van der Waals surface area contributed by atoms with Crippen LogP contribution in [0.25, 0.3) is 0 Å². The average Bonchev–Trinajstić information content (AvgIpc) is 1.87. The molecule has 37 valence electrons. The molecule has 1 radical (unpaired) electrons. The molecule has 0 aromatic carbocycles. The lowest BCUT2D eigenvalue weighted by Gasteiger charge is -1.70. The molecular formula is C3H2NO2S. The van der Waals surface area contributed by atoms with Gasteiger partial charge in [-0.05, 0) is 0 Å². The molecule has 0 aliphatic heterocycles. The first-order valence-corrected chi connectivity index (χ1v) is 2.37. The van der Waals surface area contributed by atoms with E-state index in [-0.39, 0.29) is 11.1 Å². The molecule has 0 saturated carbocycles. The summed E-state index contributed by atoms with van der Waals surface area (Å²) in [5, 5.41) is 18.9. The Hall–Kier alpha value is -0.770. The molecule has 7 heavy (non-hydrogen) atoms. The van der Waals surface area contributed by atoms with E-state index in [2.05, 4.69) is 10.4 Å². The van der Waals surface area contributed by atoms with E-state index in [1.54, 1.807) is 0 Å². The number of thiazole rings is 1. The first kappa shape index (κ1) is 4.39. The van der Waals surface area contributed by atoms with Crippen molar-refractivity contribution in [1.29, 1.82) is 0 Å². The van der Waals surface area contributed by atoms with Gasteiger partial charge in [0.25, 0.3) is 5.19 Å². The molecule has 1 rings (SSSR count). The fraction of sp³-hybridized carbons (Fsp3) is 0. The molecule has 0 unspecified atom stereocenters. The fourth-order valence-electron chi connectivity index (χ4n) is 0.228. The number of hydrogen-bond donors (Lipinski definition) is 2. The van der Waals surface area contributed by atoms with E-state index in [9.17, 15) is 0 Å². The summed E-state index contributed by atoms with van der Waals surface area (Å²) >= 11 is 0.874. The minimum Gasteiger partial charge on any atom is -0.492 e. The van der Waals surface area contributed by atoms with Crippen molar-refractivity contribution >= 4 is 11.3 Å². The van der Waals surface area contributed by atoms with E-state index in [1.165, 1.54) is 0 Å². The smallest absolute Gasteiger partial charge is 0.274 e. The van der Waals surface area contributed by atoms with Gasteiger partial charge in [-0.1, -0.05) is 11.3 Å². The molecule has 0 spiro atoms. The largest absolute Gasteiger partial charge is 0.492 e. The monoisotopic (exact) mass is 116 g/mol. The summed E-state index contributed by atoms with van der Waals surface area (Å²) in [6.45, 7) is 0. The van der Waals surface area contributed by atoms with Crippen molar-refractivity contribution in [2.75, 3.05) is 0 Å². The second kappa shape index (κ2) is 1.38. The third-order valence-corrected chi connectivity index (χ3v) is 0.994. The molecule has 0 aliphatic carbocycles. The molecule has 0 fully saturated rings. The summed E-state index contributed by atoms with van der Waals surface area (Å²) in [4.78, 5) is 3.19. The lowest BCUT2D eigenvalue weighted by molar-refractivity contribution is 0.428. The number of hydrogen-bond acceptors (Lipinski definition) is 4. The van der Waals surface area contributed by atoms with Crippen LogP contribution in [0.15, 0.2) is 0 Å². The van der Waals surface area contributed by atoms with Crippen LogP contribution in [0.3, 0.4) is 0 Å². The normalized spacial score (nSPS) is 9.14. The minimum absolute atomic E-state index is 0.155. The topological polar surface area (TPSA) is 53.4 Å². The molecule has 3 nitrogen and oxygen atoms in total. The van der Waals surface area contributed by atoms with Crippen molar-refractivity contribution in [3.63, 3.8) is 0 Å². The van der Waals surface area contributed by atoms with Crippen molar-refractivity contribution in [2.24, 2.45) is 0 Å². The van der Waals surface area contributed by atoms with Crippen LogP contribution in [0.5, 0.6) is 11.1 Å². The van der Waals surface area contributed by atoms with Crippen LogP contribution < -0.4 is 0 Å².